The van der Waals surface area contributed by atoms with Gasteiger partial charge in [-0.1, -0.05) is 0 Å². The third-order valence-corrected chi connectivity index (χ3v) is 1.56. The molecule has 1 atom stereocenters. The van der Waals surface area contributed by atoms with Gasteiger partial charge in [-0.3, -0.25) is 10.1 Å². The summed E-state index contributed by atoms with van der Waals surface area (Å²) >= 11 is 5.32. The predicted molar refractivity (Wildman–Crippen MR) is 53.3 cm³/mol. The molecule has 2 N–H and O–H groups in total. The van der Waals surface area contributed by atoms with Gasteiger partial charge in [-0.15, -0.1) is 11.6 Å². The number of nitrogens with one attached hydrogen (secondary N) is 2. The highest BCUT2D eigenvalue weighted by atomic mass is 35.5. The van der Waals surface area contributed by atoms with Gasteiger partial charge in [-0.25, -0.2) is 4.79 Å². The van der Waals surface area contributed by atoms with Crippen molar-refractivity contribution in [2.24, 2.45) is 0 Å². The average Bonchev–Trinajstić information content (AvgIpc) is 2.03. The summed E-state index contributed by atoms with van der Waals surface area (Å²) < 4.78 is 4.81. The number of ether oxygens (including phenoxy) is 1. The molecule has 1 unspecified atom stereocenters. The van der Waals surface area contributed by atoms with Crippen molar-refractivity contribution in [1.82, 2.24) is 10.6 Å². The van der Waals surface area contributed by atoms with Crippen LogP contribution in [0.15, 0.2) is 0 Å². The van der Waals surface area contributed by atoms with E-state index in [9.17, 15) is 9.59 Å². The minimum Gasteiger partial charge on any atom is -0.383 e. The SMILES string of the molecule is COCC(C)NC(=O)NC(=O)CCCl. The van der Waals surface area contributed by atoms with Crippen molar-refractivity contribution in [1.29, 1.82) is 0 Å². The van der Waals surface area contributed by atoms with Crippen LogP contribution < -0.4 is 10.6 Å². The Bertz CT molecular complexity index is 199. The number of halogens is 1. The summed E-state index contributed by atoms with van der Waals surface area (Å²) in [6.07, 6.45) is 0.133. The second-order valence-electron chi connectivity index (χ2n) is 2.82. The number of carbonyl (C=O) groups is 2. The lowest BCUT2D eigenvalue weighted by Gasteiger charge is -2.12. The molecule has 6 heteroatoms. The standard InChI is InChI=1S/C8H15ClN2O3/c1-6(5-14-2)10-8(13)11-7(12)3-4-9/h6H,3-5H2,1-2H3,(H2,10,11,12,13). The monoisotopic (exact) mass is 222 g/mol. The van der Waals surface area contributed by atoms with Crippen LogP contribution in [0.25, 0.3) is 0 Å². The maximum atomic E-state index is 11.1. The smallest absolute Gasteiger partial charge is 0.321 e. The Kier molecular flexibility index (Phi) is 7.14. The Labute approximate surface area is 88.1 Å². The molecule has 0 heterocycles. The van der Waals surface area contributed by atoms with E-state index in [-0.39, 0.29) is 24.2 Å². The Balaban J connectivity index is 3.69. The van der Waals surface area contributed by atoms with Crippen LogP contribution in [-0.2, 0) is 9.53 Å². The molecule has 0 aromatic carbocycles. The Morgan fingerprint density at radius 2 is 2.14 bits per heavy atom. The van der Waals surface area contributed by atoms with Gasteiger partial charge in [-0.2, -0.15) is 0 Å². The first-order valence-electron chi connectivity index (χ1n) is 4.25. The molecule has 0 aliphatic carbocycles. The van der Waals surface area contributed by atoms with E-state index in [2.05, 4.69) is 10.6 Å². The van der Waals surface area contributed by atoms with E-state index >= 15 is 0 Å². The van der Waals surface area contributed by atoms with Gasteiger partial charge in [-0.05, 0) is 6.92 Å². The quantitative estimate of drug-likeness (QED) is 0.665. The van der Waals surface area contributed by atoms with Gasteiger partial charge in [0, 0.05) is 19.4 Å². The Morgan fingerprint density at radius 3 is 2.64 bits per heavy atom. The van der Waals surface area contributed by atoms with Crippen molar-refractivity contribution in [3.05, 3.63) is 0 Å². The molecule has 3 amide bonds. The summed E-state index contributed by atoms with van der Waals surface area (Å²) in [5.74, 6) is -0.186. The molecule has 0 aliphatic heterocycles. The number of amides is 3. The van der Waals surface area contributed by atoms with E-state index in [1.54, 1.807) is 6.92 Å². The highest BCUT2D eigenvalue weighted by Crippen LogP contribution is 1.85. The number of hydrogen-bond acceptors (Lipinski definition) is 3. The Hall–Kier alpha value is -0.810. The minimum atomic E-state index is -0.523. The van der Waals surface area contributed by atoms with Gasteiger partial charge in [0.05, 0.1) is 12.6 Å². The van der Waals surface area contributed by atoms with Gasteiger partial charge >= 0.3 is 6.03 Å². The lowest BCUT2D eigenvalue weighted by Crippen LogP contribution is -2.45. The van der Waals surface area contributed by atoms with Gasteiger partial charge < -0.3 is 10.1 Å². The third-order valence-electron chi connectivity index (χ3n) is 1.37. The van der Waals surface area contributed by atoms with E-state index in [0.29, 0.717) is 6.61 Å². The first kappa shape index (κ1) is 13.2. The summed E-state index contributed by atoms with van der Waals surface area (Å²) in [6.45, 7) is 2.17. The summed E-state index contributed by atoms with van der Waals surface area (Å²) in [7, 11) is 1.54. The minimum absolute atomic E-state index is 0.133. The van der Waals surface area contributed by atoms with Gasteiger partial charge in [0.2, 0.25) is 5.91 Å². The van der Waals surface area contributed by atoms with Crippen LogP contribution in [0.4, 0.5) is 4.79 Å². The second-order valence-corrected chi connectivity index (χ2v) is 3.19. The topological polar surface area (TPSA) is 67.4 Å². The molecule has 0 rings (SSSR count). The fourth-order valence-electron chi connectivity index (χ4n) is 0.826. The Morgan fingerprint density at radius 1 is 1.50 bits per heavy atom. The maximum Gasteiger partial charge on any atom is 0.321 e. The fourth-order valence-corrected chi connectivity index (χ4v) is 0.998. The third kappa shape index (κ3) is 6.68. The fraction of sp³-hybridized carbons (Fsp3) is 0.750. The second kappa shape index (κ2) is 7.58. The van der Waals surface area contributed by atoms with Crippen LogP contribution in [0.3, 0.4) is 0 Å². The van der Waals surface area contributed by atoms with Crippen molar-refractivity contribution in [3.8, 4) is 0 Å². The first-order valence-corrected chi connectivity index (χ1v) is 4.78. The molecule has 0 bridgehead atoms. The van der Waals surface area contributed by atoms with E-state index < -0.39 is 6.03 Å². The van der Waals surface area contributed by atoms with E-state index in [1.165, 1.54) is 7.11 Å². The largest absolute Gasteiger partial charge is 0.383 e. The summed E-state index contributed by atoms with van der Waals surface area (Å²) in [4.78, 5) is 22.0. The zero-order valence-corrected chi connectivity index (χ0v) is 9.06. The molecule has 0 aromatic rings. The average molecular weight is 223 g/mol. The lowest BCUT2D eigenvalue weighted by molar-refractivity contribution is -0.119. The van der Waals surface area contributed by atoms with E-state index in [4.69, 9.17) is 16.3 Å². The first-order chi connectivity index (χ1) is 6.60. The number of imide groups is 1. The molecule has 0 saturated heterocycles. The summed E-state index contributed by atoms with van der Waals surface area (Å²) in [6, 6.07) is -0.659. The molecule has 5 nitrogen and oxygen atoms in total. The van der Waals surface area contributed by atoms with E-state index in [1.807, 2.05) is 0 Å². The van der Waals surface area contributed by atoms with Crippen molar-refractivity contribution >= 4 is 23.5 Å². The molecular formula is C8H15ClN2O3. The molecular weight excluding hydrogens is 208 g/mol. The number of urea groups is 1. The van der Waals surface area contributed by atoms with Crippen molar-refractivity contribution < 1.29 is 14.3 Å². The molecule has 0 aromatic heterocycles. The summed E-state index contributed by atoms with van der Waals surface area (Å²) in [5.41, 5.74) is 0. The molecule has 14 heavy (non-hydrogen) atoms. The molecule has 82 valence electrons. The van der Waals surface area contributed by atoms with Crippen LogP contribution in [0.2, 0.25) is 0 Å². The van der Waals surface area contributed by atoms with Crippen LogP contribution >= 0.6 is 11.6 Å². The maximum absolute atomic E-state index is 11.1. The normalized spacial score (nSPS) is 11.9. The highest BCUT2D eigenvalue weighted by Gasteiger charge is 2.09. The molecule has 0 saturated carbocycles. The number of methoxy groups -OCH3 is 1. The van der Waals surface area contributed by atoms with Gasteiger partial charge in [0.25, 0.3) is 0 Å². The van der Waals surface area contributed by atoms with Crippen LogP contribution in [0.5, 0.6) is 0 Å². The van der Waals surface area contributed by atoms with Crippen molar-refractivity contribution in [2.75, 3.05) is 19.6 Å². The number of carbonyl (C=O) groups excluding carboxylic acids is 2. The van der Waals surface area contributed by atoms with Gasteiger partial charge in [0.15, 0.2) is 0 Å². The predicted octanol–water partition coefficient (Wildman–Crippen LogP) is 0.476. The van der Waals surface area contributed by atoms with Crippen molar-refractivity contribution in [2.45, 2.75) is 19.4 Å². The molecule has 0 fully saturated rings. The highest BCUT2D eigenvalue weighted by molar-refractivity contribution is 6.19. The lowest BCUT2D eigenvalue weighted by atomic mass is 10.4. The van der Waals surface area contributed by atoms with Crippen LogP contribution in [0.1, 0.15) is 13.3 Å². The van der Waals surface area contributed by atoms with Gasteiger partial charge in [0.1, 0.15) is 0 Å². The van der Waals surface area contributed by atoms with E-state index in [0.717, 1.165) is 0 Å². The number of hydrogen-bond donors (Lipinski definition) is 2. The number of alkyl halides is 1. The van der Waals surface area contributed by atoms with Crippen LogP contribution in [0, 0.1) is 0 Å². The molecule has 0 aliphatic rings. The zero-order chi connectivity index (χ0) is 11.0. The van der Waals surface area contributed by atoms with Crippen molar-refractivity contribution in [3.63, 3.8) is 0 Å². The molecule has 0 radical (unpaired) electrons. The molecule has 0 spiro atoms. The summed E-state index contributed by atoms with van der Waals surface area (Å²) in [5, 5.41) is 4.67. The zero-order valence-electron chi connectivity index (χ0n) is 8.30. The number of rotatable bonds is 5. The van der Waals surface area contributed by atoms with Crippen LogP contribution in [-0.4, -0.2) is 37.6 Å².